The standard InChI is InChI=1S/C16H24N6O7/c1-7(17)13(25)20-8(2)14(26)21-10(3-9-5-18-6-19-9)15(27)22-11(16(28)29)4-12(23)24/h5-8,10-11H,3-4,17H2,1-2H3,(H,18,19)(H,20,25)(H,21,26)(H,22,27)(H,23,24)(H,28,29). The van der Waals surface area contributed by atoms with E-state index in [2.05, 4.69) is 25.9 Å². The summed E-state index contributed by atoms with van der Waals surface area (Å²) in [5.41, 5.74) is 5.89. The van der Waals surface area contributed by atoms with Gasteiger partial charge in [-0.3, -0.25) is 19.2 Å². The van der Waals surface area contributed by atoms with Crippen LogP contribution < -0.4 is 21.7 Å². The highest BCUT2D eigenvalue weighted by Crippen LogP contribution is 2.02. The maximum absolute atomic E-state index is 12.5. The van der Waals surface area contributed by atoms with Gasteiger partial charge in [0.2, 0.25) is 17.7 Å². The van der Waals surface area contributed by atoms with Crippen LogP contribution in [0.5, 0.6) is 0 Å². The van der Waals surface area contributed by atoms with Crippen molar-refractivity contribution in [1.82, 2.24) is 25.9 Å². The number of nitrogens with one attached hydrogen (secondary N) is 4. The molecule has 0 bridgehead atoms. The van der Waals surface area contributed by atoms with Crippen molar-refractivity contribution in [2.45, 2.75) is 50.9 Å². The maximum Gasteiger partial charge on any atom is 0.326 e. The third-order valence-electron chi connectivity index (χ3n) is 3.77. The molecule has 13 nitrogen and oxygen atoms in total. The highest BCUT2D eigenvalue weighted by molar-refractivity contribution is 5.94. The Morgan fingerprint density at radius 2 is 1.66 bits per heavy atom. The number of carbonyl (C=O) groups excluding carboxylic acids is 3. The molecule has 13 heteroatoms. The topological polar surface area (TPSA) is 217 Å². The summed E-state index contributed by atoms with van der Waals surface area (Å²) >= 11 is 0. The van der Waals surface area contributed by atoms with E-state index >= 15 is 0 Å². The normalized spacial score (nSPS) is 14.7. The molecule has 0 radical (unpaired) electrons. The zero-order chi connectivity index (χ0) is 22.1. The Labute approximate surface area is 165 Å². The van der Waals surface area contributed by atoms with Gasteiger partial charge in [0.1, 0.15) is 18.1 Å². The zero-order valence-electron chi connectivity index (χ0n) is 15.8. The van der Waals surface area contributed by atoms with E-state index in [1.165, 1.54) is 26.4 Å². The predicted molar refractivity (Wildman–Crippen MR) is 97.3 cm³/mol. The highest BCUT2D eigenvalue weighted by Gasteiger charge is 2.30. The Hall–Kier alpha value is -3.48. The fraction of sp³-hybridized carbons (Fsp3) is 0.500. The summed E-state index contributed by atoms with van der Waals surface area (Å²) in [4.78, 5) is 65.0. The van der Waals surface area contributed by atoms with Crippen molar-refractivity contribution in [3.05, 3.63) is 18.2 Å². The molecule has 29 heavy (non-hydrogen) atoms. The molecule has 160 valence electrons. The van der Waals surface area contributed by atoms with Gasteiger partial charge in [-0.05, 0) is 13.8 Å². The van der Waals surface area contributed by atoms with Gasteiger partial charge in [-0.1, -0.05) is 0 Å². The number of hydrogen-bond acceptors (Lipinski definition) is 7. The summed E-state index contributed by atoms with van der Waals surface area (Å²) in [6.45, 7) is 2.81. The number of aromatic nitrogens is 2. The van der Waals surface area contributed by atoms with Crippen molar-refractivity contribution >= 4 is 29.7 Å². The molecule has 0 fully saturated rings. The number of amides is 3. The molecule has 0 aromatic carbocycles. The second kappa shape index (κ2) is 10.8. The summed E-state index contributed by atoms with van der Waals surface area (Å²) < 4.78 is 0. The van der Waals surface area contributed by atoms with Gasteiger partial charge in [-0.2, -0.15) is 0 Å². The van der Waals surface area contributed by atoms with Gasteiger partial charge >= 0.3 is 11.9 Å². The highest BCUT2D eigenvalue weighted by atomic mass is 16.4. The lowest BCUT2D eigenvalue weighted by molar-refractivity contribution is -0.147. The van der Waals surface area contributed by atoms with Crippen molar-refractivity contribution in [2.75, 3.05) is 0 Å². The molecule has 1 heterocycles. The van der Waals surface area contributed by atoms with E-state index in [1.54, 1.807) is 0 Å². The number of nitrogens with zero attached hydrogens (tertiary/aromatic N) is 1. The van der Waals surface area contributed by atoms with Gasteiger partial charge in [0.15, 0.2) is 0 Å². The third-order valence-corrected chi connectivity index (χ3v) is 3.77. The predicted octanol–water partition coefficient (Wildman–Crippen LogP) is -2.67. The molecule has 3 amide bonds. The van der Waals surface area contributed by atoms with Crippen LogP contribution in [0.3, 0.4) is 0 Å². The SMILES string of the molecule is CC(N)C(=O)NC(C)C(=O)NC(Cc1cnc[nH]1)C(=O)NC(CC(=O)O)C(=O)O. The molecule has 0 aliphatic heterocycles. The van der Waals surface area contributed by atoms with Gasteiger partial charge in [-0.25, -0.2) is 9.78 Å². The lowest BCUT2D eigenvalue weighted by Gasteiger charge is -2.23. The van der Waals surface area contributed by atoms with E-state index in [9.17, 15) is 24.0 Å². The Balaban J connectivity index is 2.90. The summed E-state index contributed by atoms with van der Waals surface area (Å²) in [6.07, 6.45) is 1.83. The number of carbonyl (C=O) groups is 5. The number of imidazole rings is 1. The molecular weight excluding hydrogens is 388 g/mol. The number of H-pyrrole nitrogens is 1. The van der Waals surface area contributed by atoms with Crippen LogP contribution >= 0.6 is 0 Å². The van der Waals surface area contributed by atoms with Crippen LogP contribution in [0.1, 0.15) is 26.0 Å². The molecule has 0 spiro atoms. The first-order chi connectivity index (χ1) is 13.5. The van der Waals surface area contributed by atoms with E-state index in [0.29, 0.717) is 5.69 Å². The summed E-state index contributed by atoms with van der Waals surface area (Å²) in [5, 5.41) is 24.7. The number of carboxylic acid groups (broad SMARTS) is 2. The average Bonchev–Trinajstić information content (AvgIpc) is 3.12. The molecule has 0 aliphatic carbocycles. The van der Waals surface area contributed by atoms with Crippen LogP contribution in [0.2, 0.25) is 0 Å². The van der Waals surface area contributed by atoms with Crippen molar-refractivity contribution in [3.8, 4) is 0 Å². The maximum atomic E-state index is 12.5. The number of rotatable bonds is 11. The second-order valence-corrected chi connectivity index (χ2v) is 6.36. The molecule has 0 saturated carbocycles. The first-order valence-electron chi connectivity index (χ1n) is 8.59. The minimum Gasteiger partial charge on any atom is -0.481 e. The minimum atomic E-state index is -1.68. The smallest absolute Gasteiger partial charge is 0.326 e. The monoisotopic (exact) mass is 412 g/mol. The lowest BCUT2D eigenvalue weighted by Crippen LogP contribution is -2.57. The molecule has 0 saturated heterocycles. The molecule has 8 N–H and O–H groups in total. The Morgan fingerprint density at radius 3 is 2.14 bits per heavy atom. The molecular formula is C16H24N6O7. The summed E-state index contributed by atoms with van der Waals surface area (Å²) in [7, 11) is 0. The van der Waals surface area contributed by atoms with Gasteiger partial charge in [0.25, 0.3) is 0 Å². The number of carboxylic acids is 2. The van der Waals surface area contributed by atoms with Crippen molar-refractivity contribution in [2.24, 2.45) is 5.73 Å². The van der Waals surface area contributed by atoms with E-state index in [4.69, 9.17) is 15.9 Å². The molecule has 1 aromatic heterocycles. The van der Waals surface area contributed by atoms with Crippen molar-refractivity contribution in [3.63, 3.8) is 0 Å². The van der Waals surface area contributed by atoms with E-state index in [1.807, 2.05) is 0 Å². The first-order valence-corrected chi connectivity index (χ1v) is 8.59. The van der Waals surface area contributed by atoms with Crippen LogP contribution in [0.15, 0.2) is 12.5 Å². The Morgan fingerprint density at radius 1 is 1.03 bits per heavy atom. The van der Waals surface area contributed by atoms with E-state index in [0.717, 1.165) is 0 Å². The van der Waals surface area contributed by atoms with Gasteiger partial charge in [-0.15, -0.1) is 0 Å². The van der Waals surface area contributed by atoms with Crippen molar-refractivity contribution < 1.29 is 34.2 Å². The average molecular weight is 412 g/mol. The van der Waals surface area contributed by atoms with Crippen LogP contribution in [0, 0.1) is 0 Å². The number of aliphatic carboxylic acids is 2. The molecule has 1 aromatic rings. The summed E-state index contributed by atoms with van der Waals surface area (Å²) in [5.74, 6) is -5.16. The fourth-order valence-electron chi connectivity index (χ4n) is 2.18. The van der Waals surface area contributed by atoms with Crippen molar-refractivity contribution in [1.29, 1.82) is 0 Å². The van der Waals surface area contributed by atoms with Crippen LogP contribution in [0.4, 0.5) is 0 Å². The van der Waals surface area contributed by atoms with E-state index in [-0.39, 0.29) is 6.42 Å². The van der Waals surface area contributed by atoms with Gasteiger partial charge in [0, 0.05) is 18.3 Å². The van der Waals surface area contributed by atoms with E-state index < -0.39 is 60.2 Å². The van der Waals surface area contributed by atoms with Crippen LogP contribution in [-0.2, 0) is 30.4 Å². The second-order valence-electron chi connectivity index (χ2n) is 6.36. The largest absolute Gasteiger partial charge is 0.481 e. The lowest BCUT2D eigenvalue weighted by atomic mass is 10.1. The zero-order valence-corrected chi connectivity index (χ0v) is 15.8. The first kappa shape index (κ1) is 23.6. The Bertz CT molecular complexity index is 749. The van der Waals surface area contributed by atoms with Crippen LogP contribution in [-0.4, -0.2) is 74.0 Å². The molecule has 0 aliphatic rings. The number of hydrogen-bond donors (Lipinski definition) is 7. The third kappa shape index (κ3) is 7.96. The van der Waals surface area contributed by atoms with Gasteiger partial charge < -0.3 is 36.9 Å². The molecule has 4 atom stereocenters. The minimum absolute atomic E-state index is 0.0784. The number of nitrogens with two attached hydrogens (primary N) is 1. The van der Waals surface area contributed by atoms with Gasteiger partial charge in [0.05, 0.1) is 18.8 Å². The summed E-state index contributed by atoms with van der Waals surface area (Å²) in [6, 6.07) is -4.81. The quantitative estimate of drug-likeness (QED) is 0.201. The number of aromatic amines is 1. The van der Waals surface area contributed by atoms with Crippen LogP contribution in [0.25, 0.3) is 0 Å². The Kier molecular flexibility index (Phi) is 8.73. The fourth-order valence-corrected chi connectivity index (χ4v) is 2.18. The molecule has 4 unspecified atom stereocenters. The molecule has 1 rings (SSSR count).